The molecule has 4 rings (SSSR count). The summed E-state index contributed by atoms with van der Waals surface area (Å²) >= 11 is 0. The zero-order chi connectivity index (χ0) is 25.6. The highest BCUT2D eigenvalue weighted by Gasteiger charge is 2.45. The van der Waals surface area contributed by atoms with Crippen LogP contribution in [0.4, 0.5) is 26.3 Å². The van der Waals surface area contributed by atoms with E-state index in [1.54, 1.807) is 0 Å². The summed E-state index contributed by atoms with van der Waals surface area (Å²) in [6, 6.07) is 4.57. The number of halogens is 6. The summed E-state index contributed by atoms with van der Waals surface area (Å²) in [4.78, 5) is 17.3. The minimum Gasteiger partial charge on any atom is -0.464 e. The van der Waals surface area contributed by atoms with E-state index in [2.05, 4.69) is 4.98 Å². The number of pyridine rings is 1. The van der Waals surface area contributed by atoms with E-state index in [1.165, 1.54) is 4.90 Å². The molecule has 2 atom stereocenters. The highest BCUT2D eigenvalue weighted by Crippen LogP contribution is 2.33. The second-order valence-corrected chi connectivity index (χ2v) is 10.1. The Morgan fingerprint density at radius 1 is 0.971 bits per heavy atom. The van der Waals surface area contributed by atoms with Crippen molar-refractivity contribution in [1.82, 2.24) is 14.2 Å². The molecule has 14 heteroatoms. The number of carbonyl (C=O) groups is 1. The number of nitrogens with zero attached hydrogens (tertiary/aromatic N) is 3. The number of hydrogen-bond acceptors (Lipinski definition) is 5. The van der Waals surface area contributed by atoms with Crippen molar-refractivity contribution in [3.05, 3.63) is 53.7 Å². The van der Waals surface area contributed by atoms with Crippen LogP contribution in [0.15, 0.2) is 47.5 Å². The third-order valence-corrected chi connectivity index (χ3v) is 7.69. The van der Waals surface area contributed by atoms with Crippen molar-refractivity contribution in [3.8, 4) is 5.88 Å². The molecule has 0 radical (unpaired) electrons. The van der Waals surface area contributed by atoms with Crippen molar-refractivity contribution in [2.75, 3.05) is 19.6 Å². The standard InChI is InChI=1S/C21H19F6N3O4S/c22-20(23,24)13-3-1-4-16(9-13)35(32,33)29-7-2-8-30-15(12-29)10-17(19(30)31)34-18-6-5-14(11-28-18)21(25,26)27/h1,3-6,9,11,15,17H,2,7-8,10,12H2. The van der Waals surface area contributed by atoms with Crippen molar-refractivity contribution in [2.24, 2.45) is 0 Å². The molecule has 1 aromatic heterocycles. The van der Waals surface area contributed by atoms with Gasteiger partial charge in [0.05, 0.1) is 16.0 Å². The van der Waals surface area contributed by atoms with Gasteiger partial charge in [-0.3, -0.25) is 4.79 Å². The number of aromatic nitrogens is 1. The van der Waals surface area contributed by atoms with Gasteiger partial charge in [0.2, 0.25) is 15.9 Å². The van der Waals surface area contributed by atoms with Crippen LogP contribution in [0.25, 0.3) is 0 Å². The van der Waals surface area contributed by atoms with Gasteiger partial charge >= 0.3 is 12.4 Å². The number of amides is 1. The maximum atomic E-state index is 13.1. The van der Waals surface area contributed by atoms with E-state index < -0.39 is 56.5 Å². The summed E-state index contributed by atoms with van der Waals surface area (Å²) in [5, 5.41) is 0. The molecule has 0 bridgehead atoms. The lowest BCUT2D eigenvalue weighted by molar-refractivity contribution is -0.138. The van der Waals surface area contributed by atoms with E-state index in [-0.39, 0.29) is 38.4 Å². The highest BCUT2D eigenvalue weighted by atomic mass is 32.2. The van der Waals surface area contributed by atoms with Crippen LogP contribution in [0.1, 0.15) is 24.0 Å². The van der Waals surface area contributed by atoms with E-state index in [0.717, 1.165) is 34.6 Å². The zero-order valence-corrected chi connectivity index (χ0v) is 18.7. The largest absolute Gasteiger partial charge is 0.464 e. The summed E-state index contributed by atoms with van der Waals surface area (Å²) in [6.07, 6.45) is -9.52. The van der Waals surface area contributed by atoms with Gasteiger partial charge in [-0.2, -0.15) is 30.6 Å². The average Bonchev–Trinajstić information content (AvgIpc) is 2.94. The predicted molar refractivity (Wildman–Crippen MR) is 109 cm³/mol. The fraction of sp³-hybridized carbons (Fsp3) is 0.429. The topological polar surface area (TPSA) is 79.8 Å². The number of ether oxygens (including phenoxy) is 1. The van der Waals surface area contributed by atoms with Crippen LogP contribution in [0.3, 0.4) is 0 Å². The van der Waals surface area contributed by atoms with E-state index in [0.29, 0.717) is 12.3 Å². The number of hydrogen-bond donors (Lipinski definition) is 0. The van der Waals surface area contributed by atoms with Crippen molar-refractivity contribution >= 4 is 15.9 Å². The van der Waals surface area contributed by atoms with Gasteiger partial charge in [0.15, 0.2) is 6.10 Å². The first kappa shape index (κ1) is 25.2. The molecule has 2 aliphatic heterocycles. The number of alkyl halides is 6. The molecular weight excluding hydrogens is 504 g/mol. The van der Waals surface area contributed by atoms with E-state index in [9.17, 15) is 39.6 Å². The first-order valence-corrected chi connectivity index (χ1v) is 11.9. The van der Waals surface area contributed by atoms with Crippen LogP contribution in [0.5, 0.6) is 5.88 Å². The zero-order valence-electron chi connectivity index (χ0n) is 17.9. The van der Waals surface area contributed by atoms with Crippen molar-refractivity contribution in [1.29, 1.82) is 0 Å². The number of rotatable bonds is 4. The van der Waals surface area contributed by atoms with Crippen molar-refractivity contribution in [2.45, 2.75) is 42.2 Å². The quantitative estimate of drug-likeness (QED) is 0.573. The van der Waals surface area contributed by atoms with Gasteiger partial charge in [-0.1, -0.05) is 6.07 Å². The summed E-state index contributed by atoms with van der Waals surface area (Å²) in [7, 11) is -4.28. The second-order valence-electron chi connectivity index (χ2n) is 8.15. The van der Waals surface area contributed by atoms with E-state index >= 15 is 0 Å². The maximum absolute atomic E-state index is 13.1. The van der Waals surface area contributed by atoms with Crippen molar-refractivity contribution < 1.29 is 44.3 Å². The van der Waals surface area contributed by atoms with E-state index in [4.69, 9.17) is 4.74 Å². The summed E-state index contributed by atoms with van der Waals surface area (Å²) in [5.41, 5.74) is -2.07. The molecule has 3 heterocycles. The van der Waals surface area contributed by atoms with Crippen LogP contribution in [0, 0.1) is 0 Å². The van der Waals surface area contributed by atoms with Crippen LogP contribution in [0.2, 0.25) is 0 Å². The molecule has 7 nitrogen and oxygen atoms in total. The Balaban J connectivity index is 1.50. The Kier molecular flexibility index (Phi) is 6.47. The molecule has 2 saturated heterocycles. The molecule has 0 saturated carbocycles. The van der Waals surface area contributed by atoms with Crippen LogP contribution in [-0.4, -0.2) is 60.3 Å². The minimum absolute atomic E-state index is 0.00480. The maximum Gasteiger partial charge on any atom is 0.417 e. The molecule has 2 aliphatic rings. The highest BCUT2D eigenvalue weighted by molar-refractivity contribution is 7.89. The fourth-order valence-electron chi connectivity index (χ4n) is 4.11. The molecule has 0 N–H and O–H groups in total. The summed E-state index contributed by atoms with van der Waals surface area (Å²) in [6.45, 7) is 0.0356. The van der Waals surface area contributed by atoms with Gasteiger partial charge in [0.1, 0.15) is 0 Å². The van der Waals surface area contributed by atoms with Crippen LogP contribution >= 0.6 is 0 Å². The Morgan fingerprint density at radius 3 is 2.31 bits per heavy atom. The lowest BCUT2D eigenvalue weighted by Crippen LogP contribution is -2.41. The monoisotopic (exact) mass is 523 g/mol. The lowest BCUT2D eigenvalue weighted by Gasteiger charge is -2.25. The summed E-state index contributed by atoms with van der Waals surface area (Å²) < 4.78 is 110. The molecule has 2 aromatic rings. The Labute approximate surface area is 196 Å². The number of fused-ring (bicyclic) bond motifs is 1. The second kappa shape index (κ2) is 8.97. The SMILES string of the molecule is O=C1C(Oc2ccc(C(F)(F)F)cn2)CC2CN(S(=O)(=O)c3cccc(C(F)(F)F)c3)CCCN12. The number of sulfonamides is 1. The Hall–Kier alpha value is -2.87. The van der Waals surface area contributed by atoms with E-state index in [1.807, 2.05) is 0 Å². The Morgan fingerprint density at radius 2 is 1.69 bits per heavy atom. The van der Waals surface area contributed by atoms with Gasteiger partial charge < -0.3 is 9.64 Å². The molecule has 190 valence electrons. The van der Waals surface area contributed by atoms with Gasteiger partial charge in [0, 0.05) is 44.4 Å². The molecular formula is C21H19F6N3O4S. The molecule has 0 spiro atoms. The molecule has 1 aromatic carbocycles. The fourth-order valence-corrected chi connectivity index (χ4v) is 5.67. The first-order chi connectivity index (χ1) is 16.3. The summed E-state index contributed by atoms with van der Waals surface area (Å²) in [5.74, 6) is -0.655. The predicted octanol–water partition coefficient (Wildman–Crippen LogP) is 3.56. The van der Waals surface area contributed by atoms with Crippen molar-refractivity contribution in [3.63, 3.8) is 0 Å². The molecule has 2 unspecified atom stereocenters. The smallest absolute Gasteiger partial charge is 0.417 e. The average molecular weight is 523 g/mol. The van der Waals surface area contributed by atoms with Gasteiger partial charge in [0.25, 0.3) is 5.91 Å². The minimum atomic E-state index is -4.71. The normalized spacial score (nSPS) is 22.1. The first-order valence-electron chi connectivity index (χ1n) is 10.4. The van der Waals surface area contributed by atoms with Crippen LogP contribution < -0.4 is 4.74 Å². The molecule has 35 heavy (non-hydrogen) atoms. The molecule has 0 aliphatic carbocycles. The van der Waals surface area contributed by atoms with Gasteiger partial charge in [-0.05, 0) is 30.7 Å². The van der Waals surface area contributed by atoms with Crippen LogP contribution in [-0.2, 0) is 27.2 Å². The molecule has 2 fully saturated rings. The number of carbonyl (C=O) groups excluding carboxylic acids is 1. The Bertz CT molecular complexity index is 1200. The third kappa shape index (κ3) is 5.22. The molecule has 1 amide bonds. The number of benzene rings is 1. The third-order valence-electron chi connectivity index (χ3n) is 5.83. The lowest BCUT2D eigenvalue weighted by atomic mass is 10.2. The van der Waals surface area contributed by atoms with Gasteiger partial charge in [-0.25, -0.2) is 13.4 Å². The van der Waals surface area contributed by atoms with Gasteiger partial charge in [-0.15, -0.1) is 0 Å².